The van der Waals surface area contributed by atoms with Gasteiger partial charge in [-0.2, -0.15) is 0 Å². The van der Waals surface area contributed by atoms with E-state index in [-0.39, 0.29) is 5.57 Å². The van der Waals surface area contributed by atoms with Gasteiger partial charge in [0.25, 0.3) is 0 Å². The Kier molecular flexibility index (Phi) is 5.37. The smallest absolute Gasteiger partial charge is 0.336 e. The van der Waals surface area contributed by atoms with Gasteiger partial charge in [-0.3, -0.25) is 0 Å². The Balaban J connectivity index is 2.11. The van der Waals surface area contributed by atoms with E-state index in [1.165, 1.54) is 0 Å². The molecule has 3 aromatic rings. The lowest BCUT2D eigenvalue weighted by atomic mass is 9.96. The summed E-state index contributed by atoms with van der Waals surface area (Å²) in [7, 11) is 0. The molecule has 3 heteroatoms. The van der Waals surface area contributed by atoms with Crippen LogP contribution in [0.15, 0.2) is 66.7 Å². The molecule has 3 nitrogen and oxygen atoms in total. The second kappa shape index (κ2) is 7.87. The van der Waals surface area contributed by atoms with Gasteiger partial charge in [0.2, 0.25) is 0 Å². The second-order valence-electron chi connectivity index (χ2n) is 6.63. The summed E-state index contributed by atoms with van der Waals surface area (Å²) in [5, 5.41) is 11.8. The molecule has 0 atom stereocenters. The summed E-state index contributed by atoms with van der Waals surface area (Å²) < 4.78 is 5.87. The summed E-state index contributed by atoms with van der Waals surface area (Å²) in [4.78, 5) is 12.0. The van der Waals surface area contributed by atoms with E-state index in [0.717, 1.165) is 16.3 Å². The number of aliphatic carboxylic acids is 1. The molecule has 0 amide bonds. The Bertz CT molecular complexity index is 949. The van der Waals surface area contributed by atoms with E-state index in [9.17, 15) is 9.90 Å². The number of hydrogen-bond acceptors (Lipinski definition) is 2. The van der Waals surface area contributed by atoms with Crippen LogP contribution < -0.4 is 4.74 Å². The highest BCUT2D eigenvalue weighted by atomic mass is 16.5. The normalized spacial score (nSPS) is 11.7. The third-order valence-electron chi connectivity index (χ3n) is 4.10. The van der Waals surface area contributed by atoms with Crippen LogP contribution in [-0.4, -0.2) is 17.7 Å². The zero-order valence-electron chi connectivity index (χ0n) is 15.0. The van der Waals surface area contributed by atoms with Crippen molar-refractivity contribution in [2.45, 2.75) is 13.8 Å². The SMILES string of the molecule is CC(C)COc1ccccc1/C=C(\C(=O)O)c1cccc2ccccc12. The van der Waals surface area contributed by atoms with E-state index in [2.05, 4.69) is 13.8 Å². The molecule has 0 radical (unpaired) electrons. The molecular formula is C23H22O3. The summed E-state index contributed by atoms with van der Waals surface area (Å²) in [6.45, 7) is 4.75. The Hall–Kier alpha value is -3.07. The van der Waals surface area contributed by atoms with E-state index in [1.54, 1.807) is 6.08 Å². The van der Waals surface area contributed by atoms with Gasteiger partial charge in [0.15, 0.2) is 0 Å². The molecule has 26 heavy (non-hydrogen) atoms. The van der Waals surface area contributed by atoms with Gasteiger partial charge in [0.05, 0.1) is 12.2 Å². The lowest BCUT2D eigenvalue weighted by molar-refractivity contribution is -0.130. The van der Waals surface area contributed by atoms with Crippen LogP contribution in [0.5, 0.6) is 5.75 Å². The molecule has 0 fully saturated rings. The fourth-order valence-electron chi connectivity index (χ4n) is 2.86. The number of para-hydroxylation sites is 1. The Morgan fingerprint density at radius 3 is 2.46 bits per heavy atom. The quantitative estimate of drug-likeness (QED) is 0.473. The van der Waals surface area contributed by atoms with E-state index in [4.69, 9.17) is 4.74 Å². The van der Waals surface area contributed by atoms with E-state index in [0.29, 0.717) is 23.8 Å². The third-order valence-corrected chi connectivity index (χ3v) is 4.10. The number of carboxylic acid groups (broad SMARTS) is 1. The predicted octanol–water partition coefficient (Wildman–Crippen LogP) is 5.50. The minimum absolute atomic E-state index is 0.252. The average Bonchev–Trinajstić information content (AvgIpc) is 2.64. The highest BCUT2D eigenvalue weighted by molar-refractivity contribution is 6.24. The molecule has 3 rings (SSSR count). The molecule has 0 saturated carbocycles. The topological polar surface area (TPSA) is 46.5 Å². The fraction of sp³-hybridized carbons (Fsp3) is 0.174. The van der Waals surface area contributed by atoms with Crippen molar-refractivity contribution in [3.05, 3.63) is 77.9 Å². The number of carbonyl (C=O) groups is 1. The van der Waals surface area contributed by atoms with Crippen LogP contribution in [-0.2, 0) is 4.79 Å². The van der Waals surface area contributed by atoms with Crippen LogP contribution >= 0.6 is 0 Å². The second-order valence-corrected chi connectivity index (χ2v) is 6.63. The first-order valence-corrected chi connectivity index (χ1v) is 8.71. The van der Waals surface area contributed by atoms with Crippen molar-refractivity contribution in [1.29, 1.82) is 0 Å². The average molecular weight is 346 g/mol. The molecule has 132 valence electrons. The van der Waals surface area contributed by atoms with E-state index >= 15 is 0 Å². The van der Waals surface area contributed by atoms with Gasteiger partial charge in [-0.25, -0.2) is 4.79 Å². The molecule has 0 spiro atoms. The monoisotopic (exact) mass is 346 g/mol. The summed E-state index contributed by atoms with van der Waals surface area (Å²) in [6.07, 6.45) is 1.69. The molecule has 0 unspecified atom stereocenters. The van der Waals surface area contributed by atoms with E-state index < -0.39 is 5.97 Å². The van der Waals surface area contributed by atoms with Crippen molar-refractivity contribution in [1.82, 2.24) is 0 Å². The summed E-state index contributed by atoms with van der Waals surface area (Å²) in [5.74, 6) is 0.129. The lowest BCUT2D eigenvalue weighted by Crippen LogP contribution is -2.06. The van der Waals surface area contributed by atoms with Gasteiger partial charge >= 0.3 is 5.97 Å². The molecule has 1 N–H and O–H groups in total. The summed E-state index contributed by atoms with van der Waals surface area (Å²) >= 11 is 0. The zero-order valence-corrected chi connectivity index (χ0v) is 15.0. The van der Waals surface area contributed by atoms with Gasteiger partial charge in [-0.15, -0.1) is 0 Å². The largest absolute Gasteiger partial charge is 0.493 e. The lowest BCUT2D eigenvalue weighted by Gasteiger charge is -2.12. The highest BCUT2D eigenvalue weighted by Gasteiger charge is 2.15. The van der Waals surface area contributed by atoms with Crippen LogP contribution in [0.3, 0.4) is 0 Å². The molecule has 0 bridgehead atoms. The first-order valence-electron chi connectivity index (χ1n) is 8.71. The molecule has 0 aliphatic rings. The van der Waals surface area contributed by atoms with Crippen LogP contribution in [0.1, 0.15) is 25.0 Å². The molecule has 0 saturated heterocycles. The fourth-order valence-corrected chi connectivity index (χ4v) is 2.86. The molecule has 3 aromatic carbocycles. The molecule has 0 aliphatic heterocycles. The Labute approximate surface area is 153 Å². The summed E-state index contributed by atoms with van der Waals surface area (Å²) in [6, 6.07) is 21.0. The maximum atomic E-state index is 12.0. The first-order chi connectivity index (χ1) is 12.6. The minimum Gasteiger partial charge on any atom is -0.493 e. The van der Waals surface area contributed by atoms with Crippen LogP contribution in [0, 0.1) is 5.92 Å². The van der Waals surface area contributed by atoms with Crippen molar-refractivity contribution >= 4 is 28.4 Å². The maximum absolute atomic E-state index is 12.0. The van der Waals surface area contributed by atoms with E-state index in [1.807, 2.05) is 66.7 Å². The van der Waals surface area contributed by atoms with Gasteiger partial charge in [0.1, 0.15) is 5.75 Å². The number of hydrogen-bond donors (Lipinski definition) is 1. The molecule has 0 heterocycles. The highest BCUT2D eigenvalue weighted by Crippen LogP contribution is 2.29. The number of fused-ring (bicyclic) bond motifs is 1. The first kappa shape index (κ1) is 17.7. The number of ether oxygens (including phenoxy) is 1. The Morgan fingerprint density at radius 2 is 1.69 bits per heavy atom. The number of benzene rings is 3. The van der Waals surface area contributed by atoms with Crippen molar-refractivity contribution in [2.75, 3.05) is 6.61 Å². The van der Waals surface area contributed by atoms with Gasteiger partial charge in [-0.05, 0) is 34.4 Å². The van der Waals surface area contributed by atoms with Crippen LogP contribution in [0.25, 0.3) is 22.4 Å². The zero-order chi connectivity index (χ0) is 18.5. The summed E-state index contributed by atoms with van der Waals surface area (Å²) in [5.41, 5.74) is 1.72. The van der Waals surface area contributed by atoms with Crippen molar-refractivity contribution in [3.8, 4) is 5.75 Å². The van der Waals surface area contributed by atoms with Crippen molar-refractivity contribution < 1.29 is 14.6 Å². The van der Waals surface area contributed by atoms with Gasteiger partial charge in [-0.1, -0.05) is 74.5 Å². The standard InChI is InChI=1S/C23H22O3/c1-16(2)15-26-22-13-6-4-9-18(22)14-21(23(24)25)20-12-7-10-17-8-3-5-11-19(17)20/h3-14,16H,15H2,1-2H3,(H,24,25)/b21-14-. The van der Waals surface area contributed by atoms with Crippen molar-refractivity contribution in [2.24, 2.45) is 5.92 Å². The molecule has 0 aliphatic carbocycles. The van der Waals surface area contributed by atoms with Crippen LogP contribution in [0.4, 0.5) is 0 Å². The van der Waals surface area contributed by atoms with Gasteiger partial charge < -0.3 is 9.84 Å². The maximum Gasteiger partial charge on any atom is 0.336 e. The van der Waals surface area contributed by atoms with Crippen LogP contribution in [0.2, 0.25) is 0 Å². The molecular weight excluding hydrogens is 324 g/mol. The van der Waals surface area contributed by atoms with Crippen molar-refractivity contribution in [3.63, 3.8) is 0 Å². The minimum atomic E-state index is -0.958. The number of carboxylic acids is 1. The number of rotatable bonds is 6. The third kappa shape index (κ3) is 3.94. The Morgan fingerprint density at radius 1 is 1.00 bits per heavy atom. The molecule has 0 aromatic heterocycles. The predicted molar refractivity (Wildman–Crippen MR) is 106 cm³/mol. The van der Waals surface area contributed by atoms with Gasteiger partial charge in [0, 0.05) is 5.56 Å².